The molecule has 8 nitrogen and oxygen atoms in total. The molecule has 2 amide bonds. The number of benzene rings is 1. The fourth-order valence-corrected chi connectivity index (χ4v) is 4.29. The van der Waals surface area contributed by atoms with Gasteiger partial charge in [-0.05, 0) is 71.0 Å². The highest BCUT2D eigenvalue weighted by atomic mass is 16.6. The summed E-state index contributed by atoms with van der Waals surface area (Å²) in [6.07, 6.45) is 3.40. The Kier molecular flexibility index (Phi) is 10.0. The lowest BCUT2D eigenvalue weighted by molar-refractivity contribution is 0.0166. The van der Waals surface area contributed by atoms with Crippen molar-refractivity contribution in [1.29, 1.82) is 0 Å². The van der Waals surface area contributed by atoms with Crippen LogP contribution in [0.5, 0.6) is 5.75 Å². The van der Waals surface area contributed by atoms with Gasteiger partial charge >= 0.3 is 6.09 Å². The number of carbonyl (C=O) groups is 2. The molecule has 0 saturated carbocycles. The van der Waals surface area contributed by atoms with Gasteiger partial charge in [0.1, 0.15) is 18.0 Å². The molecule has 2 heterocycles. The predicted molar refractivity (Wildman–Crippen MR) is 131 cm³/mol. The van der Waals surface area contributed by atoms with Crippen LogP contribution in [0.3, 0.4) is 0 Å². The van der Waals surface area contributed by atoms with E-state index in [1.165, 1.54) is 0 Å². The quantitative estimate of drug-likeness (QED) is 0.705. The molecular weight excluding hydrogens is 434 g/mol. The van der Waals surface area contributed by atoms with Gasteiger partial charge in [-0.3, -0.25) is 4.79 Å². The van der Waals surface area contributed by atoms with E-state index >= 15 is 0 Å². The number of amides is 2. The molecule has 1 aromatic carbocycles. The Labute approximate surface area is 203 Å². The topological polar surface area (TPSA) is 80.3 Å². The van der Waals surface area contributed by atoms with Gasteiger partial charge in [-0.15, -0.1) is 0 Å². The summed E-state index contributed by atoms with van der Waals surface area (Å²) in [4.78, 5) is 29.8. The Balaban J connectivity index is 1.64. The molecule has 3 rings (SSSR count). The van der Waals surface area contributed by atoms with Gasteiger partial charge in [-0.25, -0.2) is 4.79 Å². The summed E-state index contributed by atoms with van der Waals surface area (Å²) in [5, 5.41) is 3.39. The van der Waals surface area contributed by atoms with E-state index in [9.17, 15) is 9.59 Å². The number of fused-ring (bicyclic) bond motifs is 1. The summed E-state index contributed by atoms with van der Waals surface area (Å²) >= 11 is 0. The Morgan fingerprint density at radius 2 is 1.82 bits per heavy atom. The number of para-hydroxylation sites is 1. The fourth-order valence-electron chi connectivity index (χ4n) is 4.29. The lowest BCUT2D eigenvalue weighted by atomic mass is 9.96. The van der Waals surface area contributed by atoms with Crippen molar-refractivity contribution in [3.8, 4) is 5.75 Å². The van der Waals surface area contributed by atoms with Gasteiger partial charge in [0, 0.05) is 32.7 Å². The van der Waals surface area contributed by atoms with Gasteiger partial charge in [0.2, 0.25) is 0 Å². The first-order valence-electron chi connectivity index (χ1n) is 12.6. The molecular formula is C26H41N3O5. The van der Waals surface area contributed by atoms with Crippen LogP contribution in [0, 0.1) is 5.92 Å². The largest absolute Gasteiger partial charge is 0.490 e. The second-order valence-corrected chi connectivity index (χ2v) is 10.1. The lowest BCUT2D eigenvalue weighted by Crippen LogP contribution is -2.44. The first-order chi connectivity index (χ1) is 16.3. The van der Waals surface area contributed by atoms with Crippen molar-refractivity contribution >= 4 is 12.0 Å². The van der Waals surface area contributed by atoms with Crippen LogP contribution >= 0.6 is 0 Å². The molecule has 1 aromatic rings. The molecule has 1 N–H and O–H groups in total. The summed E-state index contributed by atoms with van der Waals surface area (Å²) in [5.41, 5.74) is 0.106. The minimum Gasteiger partial charge on any atom is -0.490 e. The molecule has 0 bridgehead atoms. The van der Waals surface area contributed by atoms with Crippen LogP contribution in [0.4, 0.5) is 4.79 Å². The normalized spacial score (nSPS) is 20.0. The Hall–Kier alpha value is -2.32. The van der Waals surface area contributed by atoms with E-state index in [0.29, 0.717) is 63.2 Å². The van der Waals surface area contributed by atoms with Gasteiger partial charge in [0.05, 0.1) is 18.8 Å². The maximum atomic E-state index is 13.6. The van der Waals surface area contributed by atoms with E-state index in [1.807, 2.05) is 49.9 Å². The van der Waals surface area contributed by atoms with E-state index in [0.717, 1.165) is 38.8 Å². The van der Waals surface area contributed by atoms with Gasteiger partial charge < -0.3 is 29.3 Å². The molecule has 2 aliphatic rings. The zero-order chi connectivity index (χ0) is 24.4. The second kappa shape index (κ2) is 13.0. The number of likely N-dealkylation sites (tertiary alicyclic amines) is 1. The van der Waals surface area contributed by atoms with E-state index < -0.39 is 5.60 Å². The highest BCUT2D eigenvalue weighted by Gasteiger charge is 2.29. The van der Waals surface area contributed by atoms with Gasteiger partial charge in [-0.2, -0.15) is 0 Å². The molecule has 0 aliphatic carbocycles. The van der Waals surface area contributed by atoms with Crippen molar-refractivity contribution in [1.82, 2.24) is 15.1 Å². The molecule has 190 valence electrons. The number of hydrogen-bond acceptors (Lipinski definition) is 6. The van der Waals surface area contributed by atoms with Crippen LogP contribution in [-0.4, -0.2) is 86.5 Å². The first kappa shape index (κ1) is 26.3. The SMILES string of the molecule is CC(C)(C)OC(=O)N1CCC(CN2CCCCNCCOCCOc3ccccc3C2=O)CC1. The minimum atomic E-state index is -0.493. The van der Waals surface area contributed by atoms with Crippen LogP contribution in [0.15, 0.2) is 24.3 Å². The number of carbonyl (C=O) groups excluding carboxylic acids is 2. The van der Waals surface area contributed by atoms with Crippen LogP contribution in [0.2, 0.25) is 0 Å². The fraction of sp³-hybridized carbons (Fsp3) is 0.692. The molecule has 0 aromatic heterocycles. The first-order valence-corrected chi connectivity index (χ1v) is 12.6. The molecule has 2 aliphatic heterocycles. The van der Waals surface area contributed by atoms with Gasteiger partial charge in [0.15, 0.2) is 0 Å². The highest BCUT2D eigenvalue weighted by Crippen LogP contribution is 2.24. The molecule has 0 radical (unpaired) electrons. The number of rotatable bonds is 2. The summed E-state index contributed by atoms with van der Waals surface area (Å²) in [6.45, 7) is 11.6. The van der Waals surface area contributed by atoms with Gasteiger partial charge in [-0.1, -0.05) is 12.1 Å². The molecule has 8 heteroatoms. The maximum Gasteiger partial charge on any atom is 0.410 e. The van der Waals surface area contributed by atoms with Crippen molar-refractivity contribution in [3.63, 3.8) is 0 Å². The summed E-state index contributed by atoms with van der Waals surface area (Å²) < 4.78 is 17.0. The van der Waals surface area contributed by atoms with Crippen LogP contribution in [-0.2, 0) is 9.47 Å². The molecule has 0 unspecified atom stereocenters. The average Bonchev–Trinajstić information content (AvgIpc) is 2.81. The number of hydrogen-bond donors (Lipinski definition) is 1. The van der Waals surface area contributed by atoms with Crippen LogP contribution < -0.4 is 10.1 Å². The number of nitrogens with zero attached hydrogens (tertiary/aromatic N) is 2. The standard InChI is InChI=1S/C26H41N3O5/c1-26(2,3)34-25(31)28-15-10-21(11-16-28)20-29-14-7-6-12-27-13-17-32-18-19-33-23-9-5-4-8-22(23)24(29)30/h4-5,8-9,21,27H,6-7,10-20H2,1-3H3. The molecule has 34 heavy (non-hydrogen) atoms. The Morgan fingerprint density at radius 3 is 2.59 bits per heavy atom. The van der Waals surface area contributed by atoms with Crippen LogP contribution in [0.1, 0.15) is 56.8 Å². The minimum absolute atomic E-state index is 0.00826. The summed E-state index contributed by atoms with van der Waals surface area (Å²) in [6, 6.07) is 7.47. The smallest absolute Gasteiger partial charge is 0.410 e. The third kappa shape index (κ3) is 8.47. The highest BCUT2D eigenvalue weighted by molar-refractivity contribution is 5.97. The molecule has 1 fully saturated rings. The Bertz CT molecular complexity index is 787. The maximum absolute atomic E-state index is 13.6. The average molecular weight is 476 g/mol. The van der Waals surface area contributed by atoms with Crippen molar-refractivity contribution in [2.45, 2.75) is 52.1 Å². The van der Waals surface area contributed by atoms with E-state index in [-0.39, 0.29) is 12.0 Å². The number of ether oxygens (including phenoxy) is 3. The van der Waals surface area contributed by atoms with Crippen molar-refractivity contribution in [2.75, 3.05) is 59.1 Å². The van der Waals surface area contributed by atoms with E-state index in [1.54, 1.807) is 4.90 Å². The molecule has 1 saturated heterocycles. The van der Waals surface area contributed by atoms with E-state index in [2.05, 4.69) is 5.32 Å². The third-order valence-corrected chi connectivity index (χ3v) is 6.09. The van der Waals surface area contributed by atoms with Crippen molar-refractivity contribution in [2.24, 2.45) is 5.92 Å². The lowest BCUT2D eigenvalue weighted by Gasteiger charge is -2.36. The van der Waals surface area contributed by atoms with Crippen molar-refractivity contribution < 1.29 is 23.8 Å². The molecule has 0 spiro atoms. The van der Waals surface area contributed by atoms with Crippen LogP contribution in [0.25, 0.3) is 0 Å². The molecule has 0 atom stereocenters. The van der Waals surface area contributed by atoms with Crippen molar-refractivity contribution in [3.05, 3.63) is 29.8 Å². The number of nitrogens with one attached hydrogen (secondary N) is 1. The monoisotopic (exact) mass is 475 g/mol. The second-order valence-electron chi connectivity index (χ2n) is 10.1. The predicted octanol–water partition coefficient (Wildman–Crippen LogP) is 3.55. The number of piperidine rings is 1. The zero-order valence-corrected chi connectivity index (χ0v) is 21.0. The Morgan fingerprint density at radius 1 is 1.06 bits per heavy atom. The van der Waals surface area contributed by atoms with Gasteiger partial charge in [0.25, 0.3) is 5.91 Å². The zero-order valence-electron chi connectivity index (χ0n) is 21.0. The summed E-state index contributed by atoms with van der Waals surface area (Å²) in [7, 11) is 0. The third-order valence-electron chi connectivity index (χ3n) is 6.09. The van der Waals surface area contributed by atoms with E-state index in [4.69, 9.17) is 14.2 Å². The summed E-state index contributed by atoms with van der Waals surface area (Å²) in [5.74, 6) is 0.965.